The molecular weight excluding hydrogens is 292 g/mol. The second-order valence-electron chi connectivity index (χ2n) is 4.45. The van der Waals surface area contributed by atoms with Crippen LogP contribution in [0.15, 0.2) is 36.4 Å². The standard InChI is InChI=1S/C15H13ClN2O3/c1-9-12(6-7-13(16)17-9)18-14(19)8-10-4-2-3-5-11(10)15(20)21/h2-7H,8H2,1H3,(H,18,19)(H,20,21). The minimum Gasteiger partial charge on any atom is -0.478 e. The zero-order valence-corrected chi connectivity index (χ0v) is 12.0. The Labute approximate surface area is 126 Å². The lowest BCUT2D eigenvalue weighted by molar-refractivity contribution is -0.115. The number of pyridine rings is 1. The topological polar surface area (TPSA) is 79.3 Å². The summed E-state index contributed by atoms with van der Waals surface area (Å²) < 4.78 is 0. The molecule has 0 radical (unpaired) electrons. The van der Waals surface area contributed by atoms with Gasteiger partial charge in [0, 0.05) is 0 Å². The predicted molar refractivity (Wildman–Crippen MR) is 79.7 cm³/mol. The fraction of sp³-hybridized carbons (Fsp3) is 0.133. The number of carboxylic acid groups (broad SMARTS) is 1. The Balaban J connectivity index is 2.14. The number of hydrogen-bond donors (Lipinski definition) is 2. The highest BCUT2D eigenvalue weighted by atomic mass is 35.5. The molecule has 0 aliphatic heterocycles. The van der Waals surface area contributed by atoms with E-state index in [-0.39, 0.29) is 17.9 Å². The molecule has 5 nitrogen and oxygen atoms in total. The molecule has 0 spiro atoms. The van der Waals surface area contributed by atoms with E-state index in [2.05, 4.69) is 10.3 Å². The number of carbonyl (C=O) groups is 2. The number of nitrogens with zero attached hydrogens (tertiary/aromatic N) is 1. The predicted octanol–water partition coefficient (Wildman–Crippen LogP) is 2.92. The van der Waals surface area contributed by atoms with Crippen molar-refractivity contribution in [2.75, 3.05) is 5.32 Å². The van der Waals surface area contributed by atoms with Crippen LogP contribution in [0.1, 0.15) is 21.6 Å². The van der Waals surface area contributed by atoms with Gasteiger partial charge in [0.05, 0.1) is 23.4 Å². The van der Waals surface area contributed by atoms with Gasteiger partial charge in [0.15, 0.2) is 0 Å². The summed E-state index contributed by atoms with van der Waals surface area (Å²) in [5.41, 5.74) is 1.74. The maximum atomic E-state index is 12.0. The van der Waals surface area contributed by atoms with Crippen LogP contribution in [-0.2, 0) is 11.2 Å². The van der Waals surface area contributed by atoms with Gasteiger partial charge in [-0.3, -0.25) is 4.79 Å². The fourth-order valence-corrected chi connectivity index (χ4v) is 2.10. The van der Waals surface area contributed by atoms with E-state index in [1.165, 1.54) is 6.07 Å². The first-order valence-electron chi connectivity index (χ1n) is 6.21. The zero-order chi connectivity index (χ0) is 15.4. The van der Waals surface area contributed by atoms with Crippen molar-refractivity contribution >= 4 is 29.2 Å². The van der Waals surface area contributed by atoms with Crippen molar-refractivity contribution in [3.63, 3.8) is 0 Å². The highest BCUT2D eigenvalue weighted by Crippen LogP contribution is 2.17. The molecule has 0 bridgehead atoms. The van der Waals surface area contributed by atoms with Crippen LogP contribution in [0.3, 0.4) is 0 Å². The molecule has 2 N–H and O–H groups in total. The number of amides is 1. The Bertz CT molecular complexity index is 701. The summed E-state index contributed by atoms with van der Waals surface area (Å²) in [5.74, 6) is -1.36. The SMILES string of the molecule is Cc1nc(Cl)ccc1NC(=O)Cc1ccccc1C(=O)O. The molecule has 1 amide bonds. The lowest BCUT2D eigenvalue weighted by Crippen LogP contribution is -2.17. The number of rotatable bonds is 4. The van der Waals surface area contributed by atoms with Gasteiger partial charge >= 0.3 is 5.97 Å². The Morgan fingerprint density at radius 2 is 1.95 bits per heavy atom. The van der Waals surface area contributed by atoms with Crippen molar-refractivity contribution in [2.45, 2.75) is 13.3 Å². The molecule has 0 saturated heterocycles. The van der Waals surface area contributed by atoms with Gasteiger partial charge in [-0.2, -0.15) is 0 Å². The van der Waals surface area contributed by atoms with Crippen LogP contribution < -0.4 is 5.32 Å². The van der Waals surface area contributed by atoms with Crippen molar-refractivity contribution in [3.05, 3.63) is 58.4 Å². The number of anilines is 1. The van der Waals surface area contributed by atoms with Crippen LogP contribution in [0.2, 0.25) is 5.15 Å². The maximum absolute atomic E-state index is 12.0. The third kappa shape index (κ3) is 3.79. The fourth-order valence-electron chi connectivity index (χ4n) is 1.91. The summed E-state index contributed by atoms with van der Waals surface area (Å²) in [6.07, 6.45) is -0.0233. The van der Waals surface area contributed by atoms with Crippen LogP contribution in [0, 0.1) is 6.92 Å². The van der Waals surface area contributed by atoms with E-state index in [0.717, 1.165) is 0 Å². The number of benzene rings is 1. The molecule has 0 aliphatic rings. The average Bonchev–Trinajstić information content (AvgIpc) is 2.42. The van der Waals surface area contributed by atoms with Gasteiger partial charge in [0.25, 0.3) is 0 Å². The van der Waals surface area contributed by atoms with E-state index in [4.69, 9.17) is 16.7 Å². The first kappa shape index (κ1) is 15.0. The summed E-state index contributed by atoms with van der Waals surface area (Å²) in [5, 5.41) is 12.1. The zero-order valence-electron chi connectivity index (χ0n) is 11.3. The lowest BCUT2D eigenvalue weighted by Gasteiger charge is -2.09. The van der Waals surface area contributed by atoms with Crippen LogP contribution >= 0.6 is 11.6 Å². The van der Waals surface area contributed by atoms with Crippen molar-refractivity contribution in [3.8, 4) is 0 Å². The second kappa shape index (κ2) is 6.37. The van der Waals surface area contributed by atoms with E-state index in [0.29, 0.717) is 22.1 Å². The highest BCUT2D eigenvalue weighted by Gasteiger charge is 2.13. The number of halogens is 1. The number of carbonyl (C=O) groups excluding carboxylic acids is 1. The Kier molecular flexibility index (Phi) is 4.55. The Morgan fingerprint density at radius 3 is 2.62 bits per heavy atom. The molecule has 0 unspecified atom stereocenters. The van der Waals surface area contributed by atoms with E-state index in [9.17, 15) is 9.59 Å². The van der Waals surface area contributed by atoms with Gasteiger partial charge < -0.3 is 10.4 Å². The third-order valence-corrected chi connectivity index (χ3v) is 3.14. The highest BCUT2D eigenvalue weighted by molar-refractivity contribution is 6.29. The van der Waals surface area contributed by atoms with E-state index >= 15 is 0 Å². The molecule has 0 aliphatic carbocycles. The summed E-state index contributed by atoms with van der Waals surface area (Å²) in [7, 11) is 0. The molecule has 1 aromatic carbocycles. The van der Waals surface area contributed by atoms with Gasteiger partial charge in [0.2, 0.25) is 5.91 Å². The maximum Gasteiger partial charge on any atom is 0.335 e. The average molecular weight is 305 g/mol. The van der Waals surface area contributed by atoms with Crippen LogP contribution in [0.4, 0.5) is 5.69 Å². The number of hydrogen-bond acceptors (Lipinski definition) is 3. The van der Waals surface area contributed by atoms with Gasteiger partial charge in [-0.1, -0.05) is 29.8 Å². The van der Waals surface area contributed by atoms with Gasteiger partial charge in [0.1, 0.15) is 5.15 Å². The van der Waals surface area contributed by atoms with Gasteiger partial charge in [-0.05, 0) is 30.7 Å². The summed E-state index contributed by atoms with van der Waals surface area (Å²) in [6, 6.07) is 9.65. The Hall–Kier alpha value is -2.40. The molecule has 21 heavy (non-hydrogen) atoms. The largest absolute Gasteiger partial charge is 0.478 e. The Morgan fingerprint density at radius 1 is 1.24 bits per heavy atom. The minimum atomic E-state index is -1.05. The number of aromatic nitrogens is 1. The molecule has 1 heterocycles. The molecule has 0 fully saturated rings. The van der Waals surface area contributed by atoms with Gasteiger partial charge in [-0.25, -0.2) is 9.78 Å². The van der Waals surface area contributed by atoms with Crippen LogP contribution in [0.25, 0.3) is 0 Å². The van der Waals surface area contributed by atoms with Crippen molar-refractivity contribution in [1.82, 2.24) is 4.98 Å². The summed E-state index contributed by atoms with van der Waals surface area (Å²) in [6.45, 7) is 1.73. The minimum absolute atomic E-state index is 0.0233. The number of aryl methyl sites for hydroxylation is 1. The second-order valence-corrected chi connectivity index (χ2v) is 4.84. The van der Waals surface area contributed by atoms with E-state index < -0.39 is 5.97 Å². The van der Waals surface area contributed by atoms with Crippen LogP contribution in [0.5, 0.6) is 0 Å². The van der Waals surface area contributed by atoms with Crippen LogP contribution in [-0.4, -0.2) is 22.0 Å². The summed E-state index contributed by atoms with van der Waals surface area (Å²) in [4.78, 5) is 27.2. The first-order valence-corrected chi connectivity index (χ1v) is 6.59. The van der Waals surface area contributed by atoms with Crippen molar-refractivity contribution < 1.29 is 14.7 Å². The van der Waals surface area contributed by atoms with E-state index in [1.807, 2.05) is 0 Å². The molecular formula is C15H13ClN2O3. The molecule has 2 rings (SSSR count). The molecule has 0 atom stereocenters. The third-order valence-electron chi connectivity index (χ3n) is 2.92. The number of aromatic carboxylic acids is 1. The molecule has 0 saturated carbocycles. The number of nitrogens with one attached hydrogen (secondary N) is 1. The van der Waals surface area contributed by atoms with Crippen molar-refractivity contribution in [1.29, 1.82) is 0 Å². The van der Waals surface area contributed by atoms with Gasteiger partial charge in [-0.15, -0.1) is 0 Å². The monoisotopic (exact) mass is 304 g/mol. The molecule has 6 heteroatoms. The number of carboxylic acids is 1. The quantitative estimate of drug-likeness (QED) is 0.851. The first-order chi connectivity index (χ1) is 9.97. The smallest absolute Gasteiger partial charge is 0.335 e. The lowest BCUT2D eigenvalue weighted by atomic mass is 10.0. The molecule has 2 aromatic rings. The molecule has 108 valence electrons. The van der Waals surface area contributed by atoms with Crippen molar-refractivity contribution in [2.24, 2.45) is 0 Å². The normalized spacial score (nSPS) is 10.2. The van der Waals surface area contributed by atoms with E-state index in [1.54, 1.807) is 37.3 Å². The molecule has 1 aromatic heterocycles. The summed E-state index contributed by atoms with van der Waals surface area (Å²) >= 11 is 5.75.